The zero-order chi connectivity index (χ0) is 29.4. The predicted octanol–water partition coefficient (Wildman–Crippen LogP) is 4.64. The van der Waals surface area contributed by atoms with Crippen molar-refractivity contribution in [1.29, 1.82) is 0 Å². The van der Waals surface area contributed by atoms with Crippen LogP contribution < -0.4 is 10.9 Å². The number of hydrogen-bond donors (Lipinski definition) is 1. The maximum absolute atomic E-state index is 13.9. The number of methoxy groups -OCH3 is 1. The summed E-state index contributed by atoms with van der Waals surface area (Å²) in [5.74, 6) is -0.626. The SMILES string of the molecule is COC(=O)C[C@H](NC(=O)[C@H](CC(C)C)n1cc(CCN(C)C)ccc1=O)c1cncc(-c2c(C)cccc2C)c1. The quantitative estimate of drug-likeness (QED) is 0.333. The highest BCUT2D eigenvalue weighted by atomic mass is 16.5. The third-order valence-electron chi connectivity index (χ3n) is 7.03. The molecule has 0 bridgehead atoms. The molecular weight excluding hydrogens is 504 g/mol. The van der Waals surface area contributed by atoms with Crippen LogP contribution >= 0.6 is 0 Å². The molecule has 0 fully saturated rings. The van der Waals surface area contributed by atoms with Crippen LogP contribution in [0.3, 0.4) is 0 Å². The summed E-state index contributed by atoms with van der Waals surface area (Å²) < 4.78 is 6.49. The molecule has 0 aliphatic heterocycles. The highest BCUT2D eigenvalue weighted by Crippen LogP contribution is 2.30. The summed E-state index contributed by atoms with van der Waals surface area (Å²) in [7, 11) is 5.32. The van der Waals surface area contributed by atoms with E-state index in [0.29, 0.717) is 12.0 Å². The number of ether oxygens (including phenoxy) is 1. The van der Waals surface area contributed by atoms with Crippen molar-refractivity contribution in [2.24, 2.45) is 5.92 Å². The smallest absolute Gasteiger partial charge is 0.307 e. The average Bonchev–Trinajstić information content (AvgIpc) is 2.90. The molecule has 0 saturated carbocycles. The molecule has 1 N–H and O–H groups in total. The van der Waals surface area contributed by atoms with Gasteiger partial charge in [0.05, 0.1) is 19.6 Å². The zero-order valence-corrected chi connectivity index (χ0v) is 24.7. The van der Waals surface area contributed by atoms with Crippen molar-refractivity contribution in [3.8, 4) is 11.1 Å². The largest absolute Gasteiger partial charge is 0.469 e. The Kier molecular flexibility index (Phi) is 10.8. The molecule has 0 spiro atoms. The highest BCUT2D eigenvalue weighted by Gasteiger charge is 2.27. The number of pyridine rings is 2. The third-order valence-corrected chi connectivity index (χ3v) is 7.03. The van der Waals surface area contributed by atoms with Gasteiger partial charge >= 0.3 is 5.97 Å². The van der Waals surface area contributed by atoms with Crippen LogP contribution in [-0.4, -0.2) is 54.1 Å². The Bertz CT molecular complexity index is 1360. The summed E-state index contributed by atoms with van der Waals surface area (Å²) in [6, 6.07) is 9.99. The lowest BCUT2D eigenvalue weighted by atomic mass is 9.94. The summed E-state index contributed by atoms with van der Waals surface area (Å²) in [5, 5.41) is 3.06. The number of nitrogens with zero attached hydrogens (tertiary/aromatic N) is 3. The first-order valence-electron chi connectivity index (χ1n) is 13.7. The Morgan fingerprint density at radius 1 is 1.07 bits per heavy atom. The molecule has 40 heavy (non-hydrogen) atoms. The molecule has 8 heteroatoms. The van der Waals surface area contributed by atoms with Gasteiger partial charge in [0, 0.05) is 36.8 Å². The monoisotopic (exact) mass is 546 g/mol. The second-order valence-electron chi connectivity index (χ2n) is 11.1. The van der Waals surface area contributed by atoms with E-state index in [1.165, 1.54) is 17.7 Å². The maximum atomic E-state index is 13.9. The summed E-state index contributed by atoms with van der Waals surface area (Å²) >= 11 is 0. The van der Waals surface area contributed by atoms with Gasteiger partial charge in [0.25, 0.3) is 5.56 Å². The molecular formula is C32H42N4O4. The first kappa shape index (κ1) is 30.8. The van der Waals surface area contributed by atoms with Crippen molar-refractivity contribution >= 4 is 11.9 Å². The van der Waals surface area contributed by atoms with E-state index < -0.39 is 18.1 Å². The van der Waals surface area contributed by atoms with E-state index in [1.807, 2.05) is 72.1 Å². The van der Waals surface area contributed by atoms with E-state index >= 15 is 0 Å². The van der Waals surface area contributed by atoms with E-state index in [1.54, 1.807) is 18.6 Å². The molecule has 0 radical (unpaired) electrons. The number of carbonyl (C=O) groups excluding carboxylic acids is 2. The first-order chi connectivity index (χ1) is 19.0. The van der Waals surface area contributed by atoms with E-state index in [2.05, 4.69) is 15.2 Å². The molecule has 2 atom stereocenters. The Morgan fingerprint density at radius 3 is 2.40 bits per heavy atom. The molecule has 2 aromatic heterocycles. The van der Waals surface area contributed by atoms with Crippen molar-refractivity contribution in [3.63, 3.8) is 0 Å². The Labute approximate surface area is 237 Å². The van der Waals surface area contributed by atoms with Gasteiger partial charge in [0.1, 0.15) is 6.04 Å². The molecule has 0 aliphatic rings. The lowest BCUT2D eigenvalue weighted by molar-refractivity contribution is -0.141. The van der Waals surface area contributed by atoms with Gasteiger partial charge in [0.2, 0.25) is 5.91 Å². The van der Waals surface area contributed by atoms with Gasteiger partial charge in [-0.2, -0.15) is 0 Å². The molecule has 3 aromatic rings. The fraction of sp³-hybridized carbons (Fsp3) is 0.438. The number of aryl methyl sites for hydroxylation is 2. The standard InChI is InChI=1S/C32H42N4O4/c1-21(2)15-28(36-20-24(11-12-29(36)37)13-14-35(5)6)32(39)34-27(17-30(38)40-7)25-16-26(19-33-18-25)31-22(3)9-8-10-23(31)4/h8-12,16,18-21,27-28H,13-15,17H2,1-7H3,(H,34,39)/t27-,28-/m0/s1. The molecule has 214 valence electrons. The molecule has 0 unspecified atom stereocenters. The number of nitrogens with one attached hydrogen (secondary N) is 1. The molecule has 1 aromatic carbocycles. The van der Waals surface area contributed by atoms with E-state index in [0.717, 1.165) is 40.8 Å². The van der Waals surface area contributed by atoms with Crippen LogP contribution in [-0.2, 0) is 20.7 Å². The van der Waals surface area contributed by atoms with Gasteiger partial charge in [-0.3, -0.25) is 19.4 Å². The lowest BCUT2D eigenvalue weighted by Gasteiger charge is -2.26. The van der Waals surface area contributed by atoms with E-state index in [9.17, 15) is 14.4 Å². The minimum Gasteiger partial charge on any atom is -0.469 e. The van der Waals surface area contributed by atoms with Crippen LogP contribution in [0.5, 0.6) is 0 Å². The number of carbonyl (C=O) groups is 2. The lowest BCUT2D eigenvalue weighted by Crippen LogP contribution is -2.40. The first-order valence-corrected chi connectivity index (χ1v) is 13.7. The minimum absolute atomic E-state index is 0.0632. The second-order valence-corrected chi connectivity index (χ2v) is 11.1. The summed E-state index contributed by atoms with van der Waals surface area (Å²) in [4.78, 5) is 45.8. The van der Waals surface area contributed by atoms with Crippen molar-refractivity contribution in [2.75, 3.05) is 27.7 Å². The number of aromatic nitrogens is 2. The molecule has 2 heterocycles. The van der Waals surface area contributed by atoms with Crippen LogP contribution in [0, 0.1) is 19.8 Å². The van der Waals surface area contributed by atoms with Crippen LogP contribution in [0.4, 0.5) is 0 Å². The second kappa shape index (κ2) is 14.0. The van der Waals surface area contributed by atoms with Crippen LogP contribution in [0.15, 0.2) is 59.8 Å². The number of rotatable bonds is 12. The predicted molar refractivity (Wildman–Crippen MR) is 158 cm³/mol. The van der Waals surface area contributed by atoms with Gasteiger partial charge in [-0.1, -0.05) is 38.1 Å². The molecule has 3 rings (SSSR count). The van der Waals surface area contributed by atoms with Crippen molar-refractivity contribution in [2.45, 2.75) is 59.0 Å². The minimum atomic E-state index is -0.735. The summed E-state index contributed by atoms with van der Waals surface area (Å²) in [5.41, 5.74) is 5.62. The Balaban J connectivity index is 1.99. The summed E-state index contributed by atoms with van der Waals surface area (Å²) in [6.45, 7) is 8.95. The Hall–Kier alpha value is -3.78. The average molecular weight is 547 g/mol. The fourth-order valence-corrected chi connectivity index (χ4v) is 4.91. The number of amides is 1. The summed E-state index contributed by atoms with van der Waals surface area (Å²) in [6.07, 6.45) is 6.40. The number of hydrogen-bond acceptors (Lipinski definition) is 6. The topological polar surface area (TPSA) is 93.5 Å². The van der Waals surface area contributed by atoms with Crippen molar-refractivity contribution in [3.05, 3.63) is 87.6 Å². The van der Waals surface area contributed by atoms with Gasteiger partial charge in [-0.05, 0) is 80.6 Å². The van der Waals surface area contributed by atoms with Crippen LogP contribution in [0.1, 0.15) is 61.0 Å². The third kappa shape index (κ3) is 8.11. The maximum Gasteiger partial charge on any atom is 0.307 e. The highest BCUT2D eigenvalue weighted by molar-refractivity contribution is 5.82. The van der Waals surface area contributed by atoms with Crippen LogP contribution in [0.25, 0.3) is 11.1 Å². The number of benzene rings is 1. The molecule has 0 aliphatic carbocycles. The normalized spacial score (nSPS) is 12.8. The number of esters is 1. The molecule has 1 amide bonds. The van der Waals surface area contributed by atoms with Gasteiger partial charge < -0.3 is 19.5 Å². The van der Waals surface area contributed by atoms with E-state index in [4.69, 9.17) is 4.74 Å². The van der Waals surface area contributed by atoms with Crippen LogP contribution in [0.2, 0.25) is 0 Å². The fourth-order valence-electron chi connectivity index (χ4n) is 4.91. The number of likely N-dealkylation sites (N-methyl/N-ethyl adjacent to an activating group) is 1. The van der Waals surface area contributed by atoms with Crippen molar-refractivity contribution < 1.29 is 14.3 Å². The van der Waals surface area contributed by atoms with Crippen molar-refractivity contribution in [1.82, 2.24) is 19.8 Å². The zero-order valence-electron chi connectivity index (χ0n) is 24.7. The van der Waals surface area contributed by atoms with E-state index in [-0.39, 0.29) is 23.8 Å². The van der Waals surface area contributed by atoms with Gasteiger partial charge in [-0.15, -0.1) is 0 Å². The molecule has 8 nitrogen and oxygen atoms in total. The van der Waals surface area contributed by atoms with Gasteiger partial charge in [-0.25, -0.2) is 0 Å². The Morgan fingerprint density at radius 2 is 1.77 bits per heavy atom. The molecule has 0 saturated heterocycles. The van der Waals surface area contributed by atoms with Gasteiger partial charge in [0.15, 0.2) is 0 Å².